The van der Waals surface area contributed by atoms with E-state index in [9.17, 15) is 28.1 Å². The van der Waals surface area contributed by atoms with Gasteiger partial charge in [0.1, 0.15) is 5.75 Å². The molecule has 0 aliphatic heterocycles. The SMILES string of the molecule is Cc1cc(-c2nnc([C@H](OC(=O)Oc3ccc([N+](=O)[O-])cc3)C(C)(C)C)o2)cc(C(F)(F)F)c1. The first-order chi connectivity index (χ1) is 15.7. The van der Waals surface area contributed by atoms with Crippen molar-refractivity contribution in [2.45, 2.75) is 40.0 Å². The number of nitro groups is 1. The van der Waals surface area contributed by atoms with Crippen molar-refractivity contribution >= 4 is 11.8 Å². The zero-order valence-electron chi connectivity index (χ0n) is 18.5. The van der Waals surface area contributed by atoms with Crippen LogP contribution in [0.15, 0.2) is 46.9 Å². The summed E-state index contributed by atoms with van der Waals surface area (Å²) in [5.41, 5.74) is -1.40. The third kappa shape index (κ3) is 5.88. The highest BCUT2D eigenvalue weighted by molar-refractivity contribution is 5.64. The molecule has 0 fully saturated rings. The number of aryl methyl sites for hydroxylation is 1. The monoisotopic (exact) mass is 479 g/mol. The lowest BCUT2D eigenvalue weighted by molar-refractivity contribution is -0.384. The van der Waals surface area contributed by atoms with Crippen molar-refractivity contribution in [2.24, 2.45) is 5.41 Å². The molecule has 0 spiro atoms. The molecule has 0 N–H and O–H groups in total. The van der Waals surface area contributed by atoms with Gasteiger partial charge in [0.2, 0.25) is 5.89 Å². The maximum Gasteiger partial charge on any atom is 0.514 e. The van der Waals surface area contributed by atoms with Crippen LogP contribution in [0.25, 0.3) is 11.5 Å². The van der Waals surface area contributed by atoms with E-state index in [1.165, 1.54) is 25.1 Å². The van der Waals surface area contributed by atoms with Gasteiger partial charge in [-0.05, 0) is 42.8 Å². The molecule has 2 aromatic carbocycles. The number of carbonyl (C=O) groups is 1. The summed E-state index contributed by atoms with van der Waals surface area (Å²) in [7, 11) is 0. The normalized spacial score (nSPS) is 12.8. The Kier molecular flexibility index (Phi) is 6.62. The van der Waals surface area contributed by atoms with Crippen LogP contribution in [0, 0.1) is 22.5 Å². The van der Waals surface area contributed by atoms with Gasteiger partial charge in [-0.15, -0.1) is 10.2 Å². The zero-order chi connectivity index (χ0) is 25.3. The second-order valence-corrected chi connectivity index (χ2v) is 8.50. The number of rotatable bonds is 5. The highest BCUT2D eigenvalue weighted by Gasteiger charge is 2.36. The Morgan fingerprint density at radius 2 is 1.74 bits per heavy atom. The van der Waals surface area contributed by atoms with Crippen molar-refractivity contribution in [1.29, 1.82) is 0 Å². The van der Waals surface area contributed by atoms with E-state index in [0.717, 1.165) is 24.3 Å². The average molecular weight is 479 g/mol. The molecule has 0 unspecified atom stereocenters. The van der Waals surface area contributed by atoms with E-state index < -0.39 is 34.3 Å². The molecule has 180 valence electrons. The van der Waals surface area contributed by atoms with Gasteiger partial charge in [0.15, 0.2) is 6.10 Å². The fraction of sp³-hybridized carbons (Fsp3) is 0.318. The van der Waals surface area contributed by atoms with Gasteiger partial charge in [0, 0.05) is 23.1 Å². The predicted octanol–water partition coefficient (Wildman–Crippen LogP) is 6.27. The fourth-order valence-electron chi connectivity index (χ4n) is 2.98. The quantitative estimate of drug-likeness (QED) is 0.182. The van der Waals surface area contributed by atoms with Gasteiger partial charge in [-0.25, -0.2) is 4.79 Å². The van der Waals surface area contributed by atoms with E-state index in [2.05, 4.69) is 10.2 Å². The van der Waals surface area contributed by atoms with Crippen LogP contribution in [0.5, 0.6) is 5.75 Å². The zero-order valence-corrected chi connectivity index (χ0v) is 18.5. The summed E-state index contributed by atoms with van der Waals surface area (Å²) in [6.45, 7) is 6.66. The summed E-state index contributed by atoms with van der Waals surface area (Å²) in [5, 5.41) is 18.4. The molecule has 9 nitrogen and oxygen atoms in total. The number of carbonyl (C=O) groups excluding carboxylic acids is 1. The molecule has 1 aromatic heterocycles. The third-order valence-corrected chi connectivity index (χ3v) is 4.57. The van der Waals surface area contributed by atoms with Crippen LogP contribution in [0.3, 0.4) is 0 Å². The minimum atomic E-state index is -4.55. The van der Waals surface area contributed by atoms with Crippen molar-refractivity contribution in [3.63, 3.8) is 0 Å². The summed E-state index contributed by atoms with van der Waals surface area (Å²) in [4.78, 5) is 22.5. The van der Waals surface area contributed by atoms with E-state index in [4.69, 9.17) is 13.9 Å². The molecule has 0 saturated carbocycles. The Morgan fingerprint density at radius 1 is 1.09 bits per heavy atom. The summed E-state index contributed by atoms with van der Waals surface area (Å²) in [5.74, 6) is -0.307. The number of nitro benzene ring substituents is 1. The van der Waals surface area contributed by atoms with E-state index in [0.29, 0.717) is 5.56 Å². The Hall–Kier alpha value is -3.96. The van der Waals surface area contributed by atoms with E-state index in [-0.39, 0.29) is 28.8 Å². The number of nitrogens with zero attached hydrogens (tertiary/aromatic N) is 3. The smallest absolute Gasteiger partial charge is 0.420 e. The standard InChI is InChI=1S/C22H20F3N3O6/c1-12-9-13(11-14(10-12)22(23,24)25)18-26-27-19(34-18)17(21(2,3)4)33-20(29)32-16-7-5-15(6-8-16)28(30)31/h5-11,17H,1-4H3/t17-/m0/s1. The summed E-state index contributed by atoms with van der Waals surface area (Å²) >= 11 is 0. The first-order valence-electron chi connectivity index (χ1n) is 9.89. The fourth-order valence-corrected chi connectivity index (χ4v) is 2.98. The number of benzene rings is 2. The average Bonchev–Trinajstić information content (AvgIpc) is 3.20. The van der Waals surface area contributed by atoms with Crippen molar-refractivity contribution in [3.8, 4) is 17.2 Å². The topological polar surface area (TPSA) is 118 Å². The van der Waals surface area contributed by atoms with Gasteiger partial charge in [-0.2, -0.15) is 13.2 Å². The second kappa shape index (κ2) is 9.12. The minimum absolute atomic E-state index is 0.00826. The number of aromatic nitrogens is 2. The minimum Gasteiger partial charge on any atom is -0.420 e. The van der Waals surface area contributed by atoms with Gasteiger partial charge in [0.25, 0.3) is 11.6 Å². The van der Waals surface area contributed by atoms with Crippen LogP contribution in [-0.4, -0.2) is 21.3 Å². The van der Waals surface area contributed by atoms with E-state index >= 15 is 0 Å². The summed E-state index contributed by atoms with van der Waals surface area (Å²) in [6.07, 6.45) is -6.79. The number of alkyl halides is 3. The number of halogens is 3. The van der Waals surface area contributed by atoms with Crippen LogP contribution in [-0.2, 0) is 10.9 Å². The first kappa shape index (κ1) is 24.7. The lowest BCUT2D eigenvalue weighted by Crippen LogP contribution is -2.26. The number of non-ortho nitro benzene ring substituents is 1. The van der Waals surface area contributed by atoms with E-state index in [1.54, 1.807) is 20.8 Å². The van der Waals surface area contributed by atoms with Gasteiger partial charge >= 0.3 is 12.3 Å². The molecule has 0 bridgehead atoms. The van der Waals surface area contributed by atoms with Crippen LogP contribution in [0.1, 0.15) is 43.9 Å². The predicted molar refractivity (Wildman–Crippen MR) is 112 cm³/mol. The Balaban J connectivity index is 1.83. The molecule has 0 amide bonds. The lowest BCUT2D eigenvalue weighted by Gasteiger charge is -2.26. The summed E-state index contributed by atoms with van der Waals surface area (Å²) < 4.78 is 55.5. The van der Waals surface area contributed by atoms with Crippen molar-refractivity contribution in [3.05, 3.63) is 69.6 Å². The van der Waals surface area contributed by atoms with Crippen LogP contribution in [0.2, 0.25) is 0 Å². The molecule has 0 aliphatic carbocycles. The van der Waals surface area contributed by atoms with Crippen molar-refractivity contribution < 1.29 is 36.8 Å². The molecule has 0 saturated heterocycles. The Bertz CT molecular complexity index is 1200. The van der Waals surface area contributed by atoms with E-state index in [1.807, 2.05) is 0 Å². The molecular formula is C22H20F3N3O6. The number of hydrogen-bond donors (Lipinski definition) is 0. The number of ether oxygens (including phenoxy) is 2. The first-order valence-corrected chi connectivity index (χ1v) is 9.89. The highest BCUT2D eigenvalue weighted by atomic mass is 19.4. The molecule has 1 atom stereocenters. The maximum atomic E-state index is 13.2. The summed E-state index contributed by atoms with van der Waals surface area (Å²) in [6, 6.07) is 8.12. The van der Waals surface area contributed by atoms with Crippen LogP contribution in [0.4, 0.5) is 23.7 Å². The number of hydrogen-bond acceptors (Lipinski definition) is 8. The Morgan fingerprint density at radius 3 is 2.29 bits per heavy atom. The van der Waals surface area contributed by atoms with Gasteiger partial charge in [0.05, 0.1) is 10.5 Å². The maximum absolute atomic E-state index is 13.2. The lowest BCUT2D eigenvalue weighted by atomic mass is 9.89. The van der Waals surface area contributed by atoms with Crippen LogP contribution >= 0.6 is 0 Å². The second-order valence-electron chi connectivity index (χ2n) is 8.50. The molecule has 34 heavy (non-hydrogen) atoms. The third-order valence-electron chi connectivity index (χ3n) is 4.57. The molecule has 0 aliphatic rings. The Labute approximate surface area is 191 Å². The van der Waals surface area contributed by atoms with Gasteiger partial charge in [-0.3, -0.25) is 10.1 Å². The molecule has 0 radical (unpaired) electrons. The van der Waals surface area contributed by atoms with Crippen molar-refractivity contribution in [1.82, 2.24) is 10.2 Å². The highest BCUT2D eigenvalue weighted by Crippen LogP contribution is 2.38. The van der Waals surface area contributed by atoms with Gasteiger partial charge < -0.3 is 13.9 Å². The van der Waals surface area contributed by atoms with Crippen molar-refractivity contribution in [2.75, 3.05) is 0 Å². The largest absolute Gasteiger partial charge is 0.514 e. The molecule has 1 heterocycles. The van der Waals surface area contributed by atoms with Crippen LogP contribution < -0.4 is 4.74 Å². The molecule has 12 heteroatoms. The molecule has 3 rings (SSSR count). The molecule has 3 aromatic rings. The van der Waals surface area contributed by atoms with Gasteiger partial charge in [-0.1, -0.05) is 20.8 Å². The molecular weight excluding hydrogens is 459 g/mol.